The molecule has 2 heterocycles. The van der Waals surface area contributed by atoms with Gasteiger partial charge in [0.15, 0.2) is 0 Å². The van der Waals surface area contributed by atoms with Crippen molar-refractivity contribution in [1.82, 2.24) is 14.7 Å². The Balaban J connectivity index is 1.54. The zero-order chi connectivity index (χ0) is 18.1. The van der Waals surface area contributed by atoms with Gasteiger partial charge in [0.2, 0.25) is 0 Å². The van der Waals surface area contributed by atoms with Crippen LogP contribution in [-0.4, -0.2) is 32.5 Å². The first-order valence-corrected chi connectivity index (χ1v) is 9.07. The number of aliphatic hydroxyl groups is 1. The fourth-order valence-electron chi connectivity index (χ4n) is 3.67. The van der Waals surface area contributed by atoms with Gasteiger partial charge in [-0.25, -0.2) is 4.98 Å². The minimum absolute atomic E-state index is 0.000732. The number of hydrogen-bond acceptors (Lipinski definition) is 3. The predicted octanol–water partition coefficient (Wildman–Crippen LogP) is 2.75. The van der Waals surface area contributed by atoms with Crippen molar-refractivity contribution in [3.05, 3.63) is 71.7 Å². The monoisotopic (exact) mass is 349 g/mol. The Bertz CT molecular complexity index is 913. The van der Waals surface area contributed by atoms with Crippen molar-refractivity contribution in [3.63, 3.8) is 0 Å². The normalized spacial score (nSPS) is 20.5. The number of aromatic nitrogens is 2. The number of imidazole rings is 1. The molecule has 1 aliphatic rings. The van der Waals surface area contributed by atoms with Gasteiger partial charge in [0.1, 0.15) is 11.3 Å². The second-order valence-corrected chi connectivity index (χ2v) is 7.20. The van der Waals surface area contributed by atoms with Crippen LogP contribution in [0.1, 0.15) is 34.5 Å². The number of pyridine rings is 1. The summed E-state index contributed by atoms with van der Waals surface area (Å²) in [5.41, 5.74) is 3.45. The number of fused-ring (bicyclic) bond motifs is 1. The standard InChI is InChI=1S/C21H23N3O2/c1-14-6-5-9-24-13-19(22-20(14)24)21(26)23-18(16-11-17(25)12-16)10-15-7-3-2-4-8-15/h2-9,13,16-18,25H,10-12H2,1H3,(H,23,26). The van der Waals surface area contributed by atoms with Gasteiger partial charge in [0.25, 0.3) is 5.91 Å². The number of aliphatic hydroxyl groups excluding tert-OH is 1. The lowest BCUT2D eigenvalue weighted by Crippen LogP contribution is -2.48. The average molecular weight is 349 g/mol. The third-order valence-electron chi connectivity index (χ3n) is 5.24. The smallest absolute Gasteiger partial charge is 0.271 e. The molecule has 0 saturated heterocycles. The molecule has 4 rings (SSSR count). The van der Waals surface area contributed by atoms with Crippen LogP contribution >= 0.6 is 0 Å². The van der Waals surface area contributed by atoms with E-state index >= 15 is 0 Å². The topological polar surface area (TPSA) is 66.6 Å². The molecule has 134 valence electrons. The van der Waals surface area contributed by atoms with Crippen LogP contribution in [0.5, 0.6) is 0 Å². The number of benzene rings is 1. The lowest BCUT2D eigenvalue weighted by Gasteiger charge is -2.38. The van der Waals surface area contributed by atoms with Crippen molar-refractivity contribution in [2.24, 2.45) is 5.92 Å². The number of amides is 1. The molecule has 2 N–H and O–H groups in total. The van der Waals surface area contributed by atoms with Crippen molar-refractivity contribution >= 4 is 11.6 Å². The van der Waals surface area contributed by atoms with Crippen LogP contribution in [0.2, 0.25) is 0 Å². The predicted molar refractivity (Wildman–Crippen MR) is 100 cm³/mol. The fraction of sp³-hybridized carbons (Fsp3) is 0.333. The highest BCUT2D eigenvalue weighted by Gasteiger charge is 2.35. The van der Waals surface area contributed by atoms with E-state index in [-0.39, 0.29) is 18.1 Å². The molecule has 5 heteroatoms. The highest BCUT2D eigenvalue weighted by atomic mass is 16.3. The first-order chi connectivity index (χ1) is 12.6. The van der Waals surface area contributed by atoms with E-state index in [1.165, 1.54) is 5.56 Å². The van der Waals surface area contributed by atoms with Crippen LogP contribution < -0.4 is 5.32 Å². The zero-order valence-corrected chi connectivity index (χ0v) is 14.8. The lowest BCUT2D eigenvalue weighted by molar-refractivity contribution is 0.0239. The highest BCUT2D eigenvalue weighted by Crippen LogP contribution is 2.32. The van der Waals surface area contributed by atoms with E-state index in [2.05, 4.69) is 22.4 Å². The molecule has 5 nitrogen and oxygen atoms in total. The summed E-state index contributed by atoms with van der Waals surface area (Å²) in [5.74, 6) is 0.142. The van der Waals surface area contributed by atoms with Gasteiger partial charge in [-0.1, -0.05) is 36.4 Å². The number of nitrogens with one attached hydrogen (secondary N) is 1. The summed E-state index contributed by atoms with van der Waals surface area (Å²) in [6.07, 6.45) is 5.66. The third-order valence-corrected chi connectivity index (χ3v) is 5.24. The fourth-order valence-corrected chi connectivity index (χ4v) is 3.67. The minimum Gasteiger partial charge on any atom is -0.393 e. The summed E-state index contributed by atoms with van der Waals surface area (Å²) in [6, 6.07) is 14.1. The summed E-state index contributed by atoms with van der Waals surface area (Å²) in [4.78, 5) is 17.3. The van der Waals surface area contributed by atoms with E-state index < -0.39 is 0 Å². The molecule has 0 bridgehead atoms. The lowest BCUT2D eigenvalue weighted by atomic mass is 9.75. The number of carbonyl (C=O) groups is 1. The Hall–Kier alpha value is -2.66. The summed E-state index contributed by atoms with van der Waals surface area (Å²) >= 11 is 0. The summed E-state index contributed by atoms with van der Waals surface area (Å²) in [7, 11) is 0. The van der Waals surface area contributed by atoms with Crippen molar-refractivity contribution in [3.8, 4) is 0 Å². The van der Waals surface area contributed by atoms with Gasteiger partial charge in [-0.05, 0) is 49.3 Å². The van der Waals surface area contributed by atoms with Crippen molar-refractivity contribution < 1.29 is 9.90 Å². The Morgan fingerprint density at radius 1 is 1.27 bits per heavy atom. The van der Waals surface area contributed by atoms with Crippen LogP contribution in [0.3, 0.4) is 0 Å². The molecular formula is C21H23N3O2. The third kappa shape index (κ3) is 3.35. The maximum absolute atomic E-state index is 12.8. The van der Waals surface area contributed by atoms with Gasteiger partial charge in [-0.3, -0.25) is 4.79 Å². The van der Waals surface area contributed by atoms with Gasteiger partial charge in [-0.15, -0.1) is 0 Å². The van der Waals surface area contributed by atoms with Gasteiger partial charge >= 0.3 is 0 Å². The quantitative estimate of drug-likeness (QED) is 0.744. The molecule has 1 aromatic carbocycles. The molecule has 1 fully saturated rings. The maximum atomic E-state index is 12.8. The second kappa shape index (κ2) is 6.92. The first kappa shape index (κ1) is 16.8. The molecule has 0 spiro atoms. The average Bonchev–Trinajstić information content (AvgIpc) is 3.05. The van der Waals surface area contributed by atoms with Crippen LogP contribution in [0.4, 0.5) is 0 Å². The second-order valence-electron chi connectivity index (χ2n) is 7.20. The molecule has 1 aliphatic carbocycles. The van der Waals surface area contributed by atoms with Gasteiger partial charge in [-0.2, -0.15) is 0 Å². The molecule has 1 atom stereocenters. The number of aryl methyl sites for hydroxylation is 1. The molecule has 0 aliphatic heterocycles. The van der Waals surface area contributed by atoms with E-state index in [9.17, 15) is 9.90 Å². The SMILES string of the molecule is Cc1cccn2cc(C(=O)NC(Cc3ccccc3)C3CC(O)C3)nc12. The highest BCUT2D eigenvalue weighted by molar-refractivity contribution is 5.93. The Morgan fingerprint density at radius 2 is 2.04 bits per heavy atom. The van der Waals surface area contributed by atoms with Crippen molar-refractivity contribution in [2.75, 3.05) is 0 Å². The van der Waals surface area contributed by atoms with Crippen molar-refractivity contribution in [1.29, 1.82) is 0 Å². The van der Waals surface area contributed by atoms with Crippen LogP contribution in [0, 0.1) is 12.8 Å². The Labute approximate surface area is 152 Å². The van der Waals surface area contributed by atoms with Crippen LogP contribution in [0.25, 0.3) is 5.65 Å². The number of carbonyl (C=O) groups excluding carboxylic acids is 1. The molecule has 26 heavy (non-hydrogen) atoms. The maximum Gasteiger partial charge on any atom is 0.271 e. The summed E-state index contributed by atoms with van der Waals surface area (Å²) in [6.45, 7) is 1.98. The van der Waals surface area contributed by atoms with Gasteiger partial charge in [0, 0.05) is 18.4 Å². The number of rotatable bonds is 5. The Kier molecular flexibility index (Phi) is 4.47. The summed E-state index contributed by atoms with van der Waals surface area (Å²) < 4.78 is 1.88. The molecule has 3 aromatic rings. The largest absolute Gasteiger partial charge is 0.393 e. The molecule has 1 amide bonds. The molecule has 2 aromatic heterocycles. The van der Waals surface area contributed by atoms with E-state index in [1.54, 1.807) is 6.20 Å². The van der Waals surface area contributed by atoms with Crippen molar-refractivity contribution in [2.45, 2.75) is 38.3 Å². The van der Waals surface area contributed by atoms with E-state index in [0.29, 0.717) is 11.6 Å². The van der Waals surface area contributed by atoms with Crippen LogP contribution in [-0.2, 0) is 6.42 Å². The molecule has 1 unspecified atom stereocenters. The number of nitrogens with zero attached hydrogens (tertiary/aromatic N) is 2. The van der Waals surface area contributed by atoms with E-state index in [1.807, 2.05) is 47.9 Å². The molecular weight excluding hydrogens is 326 g/mol. The first-order valence-electron chi connectivity index (χ1n) is 9.07. The van der Waals surface area contributed by atoms with Gasteiger partial charge < -0.3 is 14.8 Å². The summed E-state index contributed by atoms with van der Waals surface area (Å²) in [5, 5.41) is 12.8. The van der Waals surface area contributed by atoms with Crippen LogP contribution in [0.15, 0.2) is 54.9 Å². The van der Waals surface area contributed by atoms with E-state index in [0.717, 1.165) is 30.5 Å². The zero-order valence-electron chi connectivity index (χ0n) is 14.8. The molecule has 0 radical (unpaired) electrons. The van der Waals surface area contributed by atoms with Gasteiger partial charge in [0.05, 0.1) is 6.10 Å². The Morgan fingerprint density at radius 3 is 2.73 bits per heavy atom. The number of hydrogen-bond donors (Lipinski definition) is 2. The minimum atomic E-state index is -0.243. The van der Waals surface area contributed by atoms with E-state index in [4.69, 9.17) is 0 Å². The molecule has 1 saturated carbocycles.